The second-order valence-electron chi connectivity index (χ2n) is 4.78. The number of nitro groups is 1. The topological polar surface area (TPSA) is 104 Å². The molecule has 0 bridgehead atoms. The number of aliphatic hydroxyl groups is 1. The highest BCUT2D eigenvalue weighted by atomic mass is 16.6. The Balaban J connectivity index is 1.84. The van der Waals surface area contributed by atoms with Gasteiger partial charge in [0.15, 0.2) is 0 Å². The van der Waals surface area contributed by atoms with Gasteiger partial charge in [0.2, 0.25) is 5.91 Å². The molecule has 2 atom stereocenters. The molecule has 1 aliphatic rings. The molecule has 7 nitrogen and oxygen atoms in total. The van der Waals surface area contributed by atoms with Crippen LogP contribution in [0.4, 0.5) is 5.69 Å². The first-order chi connectivity index (χ1) is 9.58. The van der Waals surface area contributed by atoms with Crippen molar-refractivity contribution in [3.05, 3.63) is 39.9 Å². The predicted octanol–water partition coefficient (Wildman–Crippen LogP) is -0.0237. The van der Waals surface area contributed by atoms with Gasteiger partial charge >= 0.3 is 0 Å². The molecule has 1 heterocycles. The number of nitrogens with one attached hydrogen (secondary N) is 2. The molecule has 1 fully saturated rings. The second-order valence-corrected chi connectivity index (χ2v) is 4.78. The van der Waals surface area contributed by atoms with Crippen LogP contribution in [0.1, 0.15) is 12.0 Å². The van der Waals surface area contributed by atoms with E-state index < -0.39 is 11.0 Å². The van der Waals surface area contributed by atoms with Crippen molar-refractivity contribution in [2.45, 2.75) is 25.0 Å². The van der Waals surface area contributed by atoms with Crippen LogP contribution in [0, 0.1) is 10.1 Å². The van der Waals surface area contributed by atoms with Crippen molar-refractivity contribution in [3.8, 4) is 0 Å². The van der Waals surface area contributed by atoms with E-state index in [4.69, 9.17) is 0 Å². The van der Waals surface area contributed by atoms with Crippen molar-refractivity contribution >= 4 is 11.6 Å². The summed E-state index contributed by atoms with van der Waals surface area (Å²) in [6.45, 7) is 0.750. The van der Waals surface area contributed by atoms with Crippen molar-refractivity contribution in [1.82, 2.24) is 10.6 Å². The number of para-hydroxylation sites is 1. The molecular weight excluding hydrogens is 262 g/mol. The Hall–Kier alpha value is -1.99. The van der Waals surface area contributed by atoms with E-state index in [1.807, 2.05) is 0 Å². The molecule has 0 radical (unpaired) electrons. The average Bonchev–Trinajstić information content (AvgIpc) is 2.86. The largest absolute Gasteiger partial charge is 0.392 e. The van der Waals surface area contributed by atoms with Gasteiger partial charge in [-0.2, -0.15) is 0 Å². The molecule has 1 saturated heterocycles. The Morgan fingerprint density at radius 2 is 2.25 bits per heavy atom. The van der Waals surface area contributed by atoms with E-state index in [1.165, 1.54) is 6.07 Å². The SMILES string of the molecule is O=C(NCCc1ccccc1[N+](=O)[O-])C1CC(O)CN1. The number of amides is 1. The fraction of sp³-hybridized carbons (Fsp3) is 0.462. The normalized spacial score (nSPS) is 21.6. The highest BCUT2D eigenvalue weighted by Crippen LogP contribution is 2.17. The third kappa shape index (κ3) is 3.52. The van der Waals surface area contributed by atoms with Crippen LogP contribution in [0.15, 0.2) is 24.3 Å². The van der Waals surface area contributed by atoms with E-state index in [0.717, 1.165) is 0 Å². The number of hydrogen-bond donors (Lipinski definition) is 3. The standard InChI is InChI=1S/C13H17N3O4/c17-10-7-11(15-8-10)13(18)14-6-5-9-3-1-2-4-12(9)16(19)20/h1-4,10-11,15,17H,5-8H2,(H,14,18). The maximum absolute atomic E-state index is 11.8. The van der Waals surface area contributed by atoms with Gasteiger partial charge in [-0.1, -0.05) is 18.2 Å². The van der Waals surface area contributed by atoms with Crippen LogP contribution in [0.2, 0.25) is 0 Å². The molecule has 2 unspecified atom stereocenters. The van der Waals surface area contributed by atoms with E-state index in [-0.39, 0.29) is 17.6 Å². The number of carbonyl (C=O) groups excluding carboxylic acids is 1. The number of nitro benzene ring substituents is 1. The van der Waals surface area contributed by atoms with Crippen LogP contribution < -0.4 is 10.6 Å². The van der Waals surface area contributed by atoms with Gasteiger partial charge in [-0.05, 0) is 12.8 Å². The van der Waals surface area contributed by atoms with Crippen LogP contribution in [0.25, 0.3) is 0 Å². The lowest BCUT2D eigenvalue weighted by Crippen LogP contribution is -2.41. The zero-order valence-electron chi connectivity index (χ0n) is 10.9. The second kappa shape index (κ2) is 6.44. The monoisotopic (exact) mass is 279 g/mol. The lowest BCUT2D eigenvalue weighted by Gasteiger charge is -2.11. The molecule has 1 aromatic rings. The Labute approximate surface area is 116 Å². The number of hydrogen-bond acceptors (Lipinski definition) is 5. The Kier molecular flexibility index (Phi) is 4.65. The van der Waals surface area contributed by atoms with Crippen LogP contribution in [0.3, 0.4) is 0 Å². The number of rotatable bonds is 5. The molecule has 1 aliphatic heterocycles. The first kappa shape index (κ1) is 14.4. The summed E-state index contributed by atoms with van der Waals surface area (Å²) in [4.78, 5) is 22.2. The summed E-state index contributed by atoms with van der Waals surface area (Å²) in [6.07, 6.45) is 0.316. The summed E-state index contributed by atoms with van der Waals surface area (Å²) in [6, 6.07) is 6.10. The quantitative estimate of drug-likeness (QED) is 0.519. The first-order valence-corrected chi connectivity index (χ1v) is 6.49. The van der Waals surface area contributed by atoms with Gasteiger partial charge in [0.25, 0.3) is 5.69 Å². The van der Waals surface area contributed by atoms with Gasteiger partial charge in [0.05, 0.1) is 17.1 Å². The zero-order valence-corrected chi connectivity index (χ0v) is 10.9. The molecule has 0 aromatic heterocycles. The fourth-order valence-electron chi connectivity index (χ4n) is 2.26. The predicted molar refractivity (Wildman–Crippen MR) is 72.2 cm³/mol. The minimum absolute atomic E-state index is 0.0659. The number of benzene rings is 1. The Morgan fingerprint density at radius 1 is 1.50 bits per heavy atom. The highest BCUT2D eigenvalue weighted by molar-refractivity contribution is 5.82. The summed E-state index contributed by atoms with van der Waals surface area (Å²) in [7, 11) is 0. The van der Waals surface area contributed by atoms with E-state index in [9.17, 15) is 20.0 Å². The van der Waals surface area contributed by atoms with Crippen molar-refractivity contribution < 1.29 is 14.8 Å². The molecule has 0 saturated carbocycles. The summed E-state index contributed by atoms with van der Waals surface area (Å²) in [5.74, 6) is -0.180. The van der Waals surface area contributed by atoms with E-state index in [2.05, 4.69) is 10.6 Å². The highest BCUT2D eigenvalue weighted by Gasteiger charge is 2.27. The zero-order chi connectivity index (χ0) is 14.5. The molecule has 20 heavy (non-hydrogen) atoms. The van der Waals surface area contributed by atoms with Gasteiger partial charge in [-0.25, -0.2) is 0 Å². The Morgan fingerprint density at radius 3 is 2.90 bits per heavy atom. The summed E-state index contributed by atoms with van der Waals surface area (Å²) in [5, 5.41) is 25.8. The van der Waals surface area contributed by atoms with E-state index in [1.54, 1.807) is 18.2 Å². The van der Waals surface area contributed by atoms with Crippen molar-refractivity contribution in [2.24, 2.45) is 0 Å². The number of aliphatic hydroxyl groups excluding tert-OH is 1. The molecule has 0 aliphatic carbocycles. The van der Waals surface area contributed by atoms with Crippen LogP contribution >= 0.6 is 0 Å². The molecule has 0 spiro atoms. The van der Waals surface area contributed by atoms with Crippen LogP contribution in [0.5, 0.6) is 0 Å². The minimum Gasteiger partial charge on any atom is -0.392 e. The maximum atomic E-state index is 11.8. The third-order valence-corrected chi connectivity index (χ3v) is 3.31. The molecule has 108 valence electrons. The average molecular weight is 279 g/mol. The van der Waals surface area contributed by atoms with Gasteiger partial charge in [0.1, 0.15) is 0 Å². The van der Waals surface area contributed by atoms with Gasteiger partial charge in [-0.3, -0.25) is 14.9 Å². The van der Waals surface area contributed by atoms with Gasteiger partial charge in [-0.15, -0.1) is 0 Å². The van der Waals surface area contributed by atoms with Crippen molar-refractivity contribution in [2.75, 3.05) is 13.1 Å². The Bertz CT molecular complexity index is 506. The van der Waals surface area contributed by atoms with Gasteiger partial charge < -0.3 is 15.7 Å². The van der Waals surface area contributed by atoms with E-state index in [0.29, 0.717) is 31.5 Å². The van der Waals surface area contributed by atoms with Crippen molar-refractivity contribution in [1.29, 1.82) is 0 Å². The molecule has 7 heteroatoms. The smallest absolute Gasteiger partial charge is 0.272 e. The van der Waals surface area contributed by atoms with E-state index >= 15 is 0 Å². The van der Waals surface area contributed by atoms with Gasteiger partial charge in [0, 0.05) is 24.7 Å². The molecular formula is C13H17N3O4. The fourth-order valence-corrected chi connectivity index (χ4v) is 2.26. The number of carbonyl (C=O) groups is 1. The molecule has 1 amide bonds. The third-order valence-electron chi connectivity index (χ3n) is 3.31. The lowest BCUT2D eigenvalue weighted by atomic mass is 10.1. The molecule has 3 N–H and O–H groups in total. The minimum atomic E-state index is -0.485. The van der Waals surface area contributed by atoms with Crippen LogP contribution in [-0.2, 0) is 11.2 Å². The van der Waals surface area contributed by atoms with Crippen molar-refractivity contribution in [3.63, 3.8) is 0 Å². The lowest BCUT2D eigenvalue weighted by molar-refractivity contribution is -0.385. The first-order valence-electron chi connectivity index (χ1n) is 6.49. The molecule has 2 rings (SSSR count). The van der Waals surface area contributed by atoms with Crippen LogP contribution in [-0.4, -0.2) is 41.2 Å². The summed E-state index contributed by atoms with van der Waals surface area (Å²) < 4.78 is 0. The number of nitrogens with zero attached hydrogens (tertiary/aromatic N) is 1. The molecule has 1 aromatic carbocycles. The number of β-amino-alcohol motifs (C(OH)–C–C–N with tert-alkyl or cyclic N) is 1. The summed E-state index contributed by atoms with van der Waals surface area (Å²) in [5.41, 5.74) is 0.661. The summed E-state index contributed by atoms with van der Waals surface area (Å²) >= 11 is 0. The maximum Gasteiger partial charge on any atom is 0.272 e.